The summed E-state index contributed by atoms with van der Waals surface area (Å²) in [5.41, 5.74) is 4.26. The number of nitrogens with one attached hydrogen (secondary N) is 2. The van der Waals surface area contributed by atoms with Crippen molar-refractivity contribution in [1.29, 1.82) is 0 Å². The minimum absolute atomic E-state index is 0.0149. The average Bonchev–Trinajstić information content (AvgIpc) is 3.13. The minimum Gasteiger partial charge on any atom is -0.326 e. The molecule has 0 spiro atoms. The van der Waals surface area contributed by atoms with Crippen molar-refractivity contribution >= 4 is 35.7 Å². The summed E-state index contributed by atoms with van der Waals surface area (Å²) in [6, 6.07) is 5.86. The molecule has 2 aliphatic heterocycles. The SMILES string of the molecule is C=N/C(=N\N1C=CN=C(c2cnn(C)c2)C1)Nc1ccc2c(c1)NC(=O)CC2(C)C. The second kappa shape index (κ2) is 7.58. The quantitative estimate of drug-likeness (QED) is 0.607. The molecule has 154 valence electrons. The molecule has 0 saturated carbocycles. The lowest BCUT2D eigenvalue weighted by atomic mass is 9.78. The maximum absolute atomic E-state index is 12.0. The van der Waals surface area contributed by atoms with E-state index in [-0.39, 0.29) is 11.3 Å². The van der Waals surface area contributed by atoms with Gasteiger partial charge in [0.25, 0.3) is 0 Å². The number of carbonyl (C=O) groups is 1. The van der Waals surface area contributed by atoms with Gasteiger partial charge in [0.2, 0.25) is 11.9 Å². The second-order valence-corrected chi connectivity index (χ2v) is 7.95. The third-order valence-electron chi connectivity index (χ3n) is 5.07. The smallest absolute Gasteiger partial charge is 0.244 e. The fourth-order valence-corrected chi connectivity index (χ4v) is 3.61. The Balaban J connectivity index is 1.51. The van der Waals surface area contributed by atoms with Crippen molar-refractivity contribution in [3.8, 4) is 0 Å². The number of guanidine groups is 1. The van der Waals surface area contributed by atoms with Gasteiger partial charge in [-0.2, -0.15) is 5.10 Å². The molecular formula is C21H24N8O. The van der Waals surface area contributed by atoms with E-state index in [1.54, 1.807) is 28.3 Å². The van der Waals surface area contributed by atoms with Crippen LogP contribution in [0.1, 0.15) is 31.4 Å². The van der Waals surface area contributed by atoms with Crippen molar-refractivity contribution in [3.05, 3.63) is 54.1 Å². The summed E-state index contributed by atoms with van der Waals surface area (Å²) in [4.78, 5) is 20.4. The zero-order chi connectivity index (χ0) is 21.3. The van der Waals surface area contributed by atoms with Crippen LogP contribution in [-0.4, -0.2) is 45.6 Å². The van der Waals surface area contributed by atoms with Crippen LogP contribution in [-0.2, 0) is 17.3 Å². The van der Waals surface area contributed by atoms with E-state index >= 15 is 0 Å². The number of anilines is 2. The fourth-order valence-electron chi connectivity index (χ4n) is 3.61. The maximum Gasteiger partial charge on any atom is 0.244 e. The van der Waals surface area contributed by atoms with E-state index in [4.69, 9.17) is 0 Å². The Labute approximate surface area is 174 Å². The number of aromatic nitrogens is 2. The summed E-state index contributed by atoms with van der Waals surface area (Å²) in [7, 11) is 1.87. The number of nitrogens with zero attached hydrogens (tertiary/aromatic N) is 6. The predicted octanol–water partition coefficient (Wildman–Crippen LogP) is 2.70. The first-order valence-electron chi connectivity index (χ1n) is 9.60. The molecule has 2 aliphatic rings. The van der Waals surface area contributed by atoms with E-state index in [2.05, 4.69) is 51.4 Å². The van der Waals surface area contributed by atoms with Crippen molar-refractivity contribution < 1.29 is 4.79 Å². The molecule has 0 bridgehead atoms. The lowest BCUT2D eigenvalue weighted by molar-refractivity contribution is -0.117. The minimum atomic E-state index is -0.204. The summed E-state index contributed by atoms with van der Waals surface area (Å²) in [6.07, 6.45) is 7.60. The predicted molar refractivity (Wildman–Crippen MR) is 119 cm³/mol. The van der Waals surface area contributed by atoms with Crippen LogP contribution in [0.25, 0.3) is 0 Å². The van der Waals surface area contributed by atoms with Gasteiger partial charge < -0.3 is 10.6 Å². The van der Waals surface area contributed by atoms with Crippen LogP contribution in [0.2, 0.25) is 0 Å². The Morgan fingerprint density at radius 2 is 2.20 bits per heavy atom. The number of carbonyl (C=O) groups excluding carboxylic acids is 1. The van der Waals surface area contributed by atoms with Crippen LogP contribution in [0.3, 0.4) is 0 Å². The fraction of sp³-hybridized carbons (Fsp3) is 0.286. The number of benzene rings is 1. The van der Waals surface area contributed by atoms with Crippen LogP contribution in [0, 0.1) is 0 Å². The van der Waals surface area contributed by atoms with Crippen molar-refractivity contribution in [2.45, 2.75) is 25.7 Å². The van der Waals surface area contributed by atoms with Gasteiger partial charge in [0.1, 0.15) is 0 Å². The van der Waals surface area contributed by atoms with E-state index in [1.165, 1.54) is 0 Å². The van der Waals surface area contributed by atoms with Crippen LogP contribution in [0.15, 0.2) is 58.1 Å². The van der Waals surface area contributed by atoms with E-state index in [1.807, 2.05) is 31.4 Å². The largest absolute Gasteiger partial charge is 0.326 e. The monoisotopic (exact) mass is 404 g/mol. The molecule has 9 nitrogen and oxygen atoms in total. The molecule has 0 unspecified atom stereocenters. The van der Waals surface area contributed by atoms with E-state index in [9.17, 15) is 4.79 Å². The highest BCUT2D eigenvalue weighted by Gasteiger charge is 2.31. The maximum atomic E-state index is 12.0. The molecule has 1 aromatic carbocycles. The lowest BCUT2D eigenvalue weighted by Gasteiger charge is -2.32. The Morgan fingerprint density at radius 1 is 1.37 bits per heavy atom. The summed E-state index contributed by atoms with van der Waals surface area (Å²) < 4.78 is 1.73. The Morgan fingerprint density at radius 3 is 2.93 bits per heavy atom. The van der Waals surface area contributed by atoms with Gasteiger partial charge in [0.05, 0.1) is 18.5 Å². The van der Waals surface area contributed by atoms with Crippen molar-refractivity contribution in [2.24, 2.45) is 22.1 Å². The molecule has 0 saturated heterocycles. The van der Waals surface area contributed by atoms with Crippen LogP contribution in [0.4, 0.5) is 11.4 Å². The first-order valence-corrected chi connectivity index (χ1v) is 9.60. The van der Waals surface area contributed by atoms with Crippen LogP contribution < -0.4 is 10.6 Å². The van der Waals surface area contributed by atoms with Gasteiger partial charge in [-0.3, -0.25) is 19.5 Å². The third kappa shape index (κ3) is 4.00. The van der Waals surface area contributed by atoms with Gasteiger partial charge in [-0.25, -0.2) is 4.99 Å². The van der Waals surface area contributed by atoms with Gasteiger partial charge in [0, 0.05) is 54.4 Å². The van der Waals surface area contributed by atoms with Gasteiger partial charge in [-0.1, -0.05) is 19.9 Å². The number of hydrogen-bond donors (Lipinski definition) is 2. The molecule has 4 rings (SSSR count). The zero-order valence-electron chi connectivity index (χ0n) is 17.3. The number of fused-ring (bicyclic) bond motifs is 1. The van der Waals surface area contributed by atoms with Gasteiger partial charge in [-0.15, -0.1) is 5.10 Å². The molecule has 2 aromatic rings. The molecule has 0 fully saturated rings. The van der Waals surface area contributed by atoms with Crippen LogP contribution in [0.5, 0.6) is 0 Å². The summed E-state index contributed by atoms with van der Waals surface area (Å²) in [5.74, 6) is 0.356. The molecule has 1 aromatic heterocycles. The molecule has 1 amide bonds. The number of hydrogen-bond acceptors (Lipinski definition) is 5. The molecule has 30 heavy (non-hydrogen) atoms. The van der Waals surface area contributed by atoms with E-state index in [0.717, 1.165) is 28.2 Å². The highest BCUT2D eigenvalue weighted by molar-refractivity contribution is 6.03. The number of rotatable bonds is 3. The molecule has 0 aliphatic carbocycles. The molecule has 0 atom stereocenters. The van der Waals surface area contributed by atoms with Crippen molar-refractivity contribution in [3.63, 3.8) is 0 Å². The van der Waals surface area contributed by atoms with Gasteiger partial charge in [-0.05, 0) is 24.4 Å². The summed E-state index contributed by atoms with van der Waals surface area (Å²) >= 11 is 0. The number of aliphatic imine (C=N–C) groups is 2. The van der Waals surface area contributed by atoms with Crippen molar-refractivity contribution in [2.75, 3.05) is 17.2 Å². The first-order chi connectivity index (χ1) is 14.3. The second-order valence-electron chi connectivity index (χ2n) is 7.95. The van der Waals surface area contributed by atoms with E-state index < -0.39 is 0 Å². The number of amides is 1. The number of hydrazone groups is 1. The Kier molecular flexibility index (Phi) is 4.94. The van der Waals surface area contributed by atoms with E-state index in [0.29, 0.717) is 18.9 Å². The first kappa shape index (κ1) is 19.6. The standard InChI is InChI=1S/C21H24N8O/c1-21(2)10-19(30)26-17-9-15(5-6-16(17)21)25-20(22-3)27-29-8-7-23-18(13-29)14-11-24-28(4)12-14/h5-9,11-12H,3,10,13H2,1-2,4H3,(H,25,27)(H,26,30). The highest BCUT2D eigenvalue weighted by atomic mass is 16.1. The summed E-state index contributed by atoms with van der Waals surface area (Å²) in [5, 5.41) is 16.5. The highest BCUT2D eigenvalue weighted by Crippen LogP contribution is 2.38. The van der Waals surface area contributed by atoms with Gasteiger partial charge >= 0.3 is 0 Å². The molecule has 2 N–H and O–H groups in total. The molecular weight excluding hydrogens is 380 g/mol. The number of aryl methyl sites for hydroxylation is 1. The van der Waals surface area contributed by atoms with Crippen molar-refractivity contribution in [1.82, 2.24) is 14.8 Å². The third-order valence-corrected chi connectivity index (χ3v) is 5.07. The Bertz CT molecular complexity index is 1090. The average molecular weight is 404 g/mol. The van der Waals surface area contributed by atoms with Crippen LogP contribution >= 0.6 is 0 Å². The normalized spacial score (nSPS) is 17.8. The lowest BCUT2D eigenvalue weighted by Crippen LogP contribution is -2.32. The summed E-state index contributed by atoms with van der Waals surface area (Å²) in [6.45, 7) is 8.24. The molecule has 3 heterocycles. The topological polar surface area (TPSA) is 99.3 Å². The van der Waals surface area contributed by atoms with Gasteiger partial charge in [0.15, 0.2) is 0 Å². The molecule has 9 heteroatoms. The zero-order valence-corrected chi connectivity index (χ0v) is 17.3. The molecule has 0 radical (unpaired) electrons. The Hall–Kier alpha value is -3.75.